The Morgan fingerprint density at radius 3 is 0.717 bits per heavy atom. The molecule has 2 heterocycles. The molecule has 0 aliphatic heterocycles. The van der Waals surface area contributed by atoms with Gasteiger partial charge >= 0.3 is 0 Å². The molecule has 0 N–H and O–H groups in total. The molecule has 6 heteroatoms. The predicted molar refractivity (Wildman–Crippen MR) is 392 cm³/mol. The Bertz CT molecular complexity index is 4460. The van der Waals surface area contributed by atoms with Crippen LogP contribution in [0.4, 0.5) is 68.2 Å². The Morgan fingerprint density at radius 1 is 0.228 bits per heavy atom. The highest BCUT2D eigenvalue weighted by atomic mass is 16.3. The van der Waals surface area contributed by atoms with Crippen LogP contribution in [0.2, 0.25) is 0 Å². The first-order valence-corrected chi connectivity index (χ1v) is 32.3. The van der Waals surface area contributed by atoms with Crippen LogP contribution in [0.15, 0.2) is 276 Å². The third kappa shape index (κ3) is 11.0. The molecule has 14 rings (SSSR count). The zero-order valence-electron chi connectivity index (χ0n) is 55.0. The summed E-state index contributed by atoms with van der Waals surface area (Å²) in [4.78, 5) is 9.47. The molecule has 0 saturated carbocycles. The van der Waals surface area contributed by atoms with E-state index < -0.39 is 0 Å². The van der Waals surface area contributed by atoms with Crippen LogP contribution in [-0.4, -0.2) is 0 Å². The van der Waals surface area contributed by atoms with Gasteiger partial charge in [0.05, 0.1) is 11.4 Å². The molecule has 0 unspecified atom stereocenters. The van der Waals surface area contributed by atoms with Gasteiger partial charge in [-0.15, -0.1) is 0 Å². The Morgan fingerprint density at radius 2 is 0.467 bits per heavy atom. The van der Waals surface area contributed by atoms with Crippen LogP contribution >= 0.6 is 0 Å². The highest BCUT2D eigenvalue weighted by Gasteiger charge is 2.32. The number of nitrogens with zero attached hydrogens (tertiary/aromatic N) is 4. The number of fused-ring (bicyclic) bond motifs is 7. The molecule has 0 amide bonds. The highest BCUT2D eigenvalue weighted by Crippen LogP contribution is 2.56. The van der Waals surface area contributed by atoms with E-state index in [-0.39, 0.29) is 21.7 Å². The van der Waals surface area contributed by atoms with Crippen molar-refractivity contribution < 1.29 is 8.83 Å². The largest absolute Gasteiger partial charge is 0.454 e. The van der Waals surface area contributed by atoms with Crippen molar-refractivity contribution in [1.82, 2.24) is 0 Å². The van der Waals surface area contributed by atoms with Gasteiger partial charge in [-0.25, -0.2) is 0 Å². The van der Waals surface area contributed by atoms with E-state index >= 15 is 0 Å². The van der Waals surface area contributed by atoms with Gasteiger partial charge in [0.1, 0.15) is 11.2 Å². The van der Waals surface area contributed by atoms with Gasteiger partial charge in [-0.3, -0.25) is 0 Å². The van der Waals surface area contributed by atoms with Crippen molar-refractivity contribution in [3.05, 3.63) is 289 Å². The lowest BCUT2D eigenvalue weighted by Crippen LogP contribution is -2.14. The van der Waals surface area contributed by atoms with Crippen LogP contribution in [0.25, 0.3) is 54.6 Å². The molecular weight excluding hydrogens is 1120 g/mol. The maximum absolute atomic E-state index is 7.68. The minimum atomic E-state index is -0.000712. The van der Waals surface area contributed by atoms with Crippen LogP contribution in [-0.2, 0) is 21.7 Å². The maximum Gasteiger partial charge on any atom is 0.160 e. The summed E-state index contributed by atoms with van der Waals surface area (Å²) in [5.74, 6) is 0. The fraction of sp³-hybridized carbons (Fsp3) is 0.186. The van der Waals surface area contributed by atoms with Gasteiger partial charge in [-0.05, 0) is 183 Å². The summed E-state index contributed by atoms with van der Waals surface area (Å²) in [6, 6.07) is 97.2. The minimum absolute atomic E-state index is 0.000712. The summed E-state index contributed by atoms with van der Waals surface area (Å²) in [5.41, 5.74) is 20.1. The van der Waals surface area contributed by atoms with E-state index in [0.717, 1.165) is 123 Å². The van der Waals surface area contributed by atoms with Crippen molar-refractivity contribution >= 4 is 123 Å². The predicted octanol–water partition coefficient (Wildman–Crippen LogP) is 25.7. The topological polar surface area (TPSA) is 39.2 Å². The molecule has 12 aromatic carbocycles. The zero-order valence-corrected chi connectivity index (χ0v) is 55.0. The van der Waals surface area contributed by atoms with E-state index in [1.807, 2.05) is 0 Å². The molecule has 2 aromatic heterocycles. The first-order valence-electron chi connectivity index (χ1n) is 32.3. The Kier molecular flexibility index (Phi) is 14.8. The van der Waals surface area contributed by atoms with Crippen molar-refractivity contribution in [2.75, 3.05) is 19.6 Å². The number of hydrogen-bond acceptors (Lipinski definition) is 6. The zero-order chi connectivity index (χ0) is 63.8. The minimum Gasteiger partial charge on any atom is -0.454 e. The molecule has 6 nitrogen and oxygen atoms in total. The lowest BCUT2D eigenvalue weighted by Gasteiger charge is -2.31. The second-order valence-electron chi connectivity index (χ2n) is 28.7. The third-order valence-corrected chi connectivity index (χ3v) is 18.2. The molecule has 0 bridgehead atoms. The molecule has 456 valence electrons. The molecule has 0 radical (unpaired) electrons. The average Bonchev–Trinajstić information content (AvgIpc) is 1.30. The summed E-state index contributed by atoms with van der Waals surface area (Å²) >= 11 is 0. The number of furan rings is 2. The van der Waals surface area contributed by atoms with Crippen molar-refractivity contribution in [2.24, 2.45) is 0 Å². The first kappa shape index (κ1) is 59.3. The van der Waals surface area contributed by atoms with Gasteiger partial charge in [-0.2, -0.15) is 0 Å². The van der Waals surface area contributed by atoms with Crippen molar-refractivity contribution in [3.8, 4) is 0 Å². The molecule has 92 heavy (non-hydrogen) atoms. The van der Waals surface area contributed by atoms with E-state index in [4.69, 9.17) is 8.83 Å². The number of para-hydroxylation sites is 4. The summed E-state index contributed by atoms with van der Waals surface area (Å²) < 4.78 is 15.4. The van der Waals surface area contributed by atoms with Gasteiger partial charge < -0.3 is 28.4 Å². The smallest absolute Gasteiger partial charge is 0.160 e. The van der Waals surface area contributed by atoms with E-state index in [1.165, 1.54) is 22.3 Å². The van der Waals surface area contributed by atoms with Gasteiger partial charge in [0, 0.05) is 95.9 Å². The molecule has 0 aliphatic carbocycles. The van der Waals surface area contributed by atoms with Gasteiger partial charge in [0.15, 0.2) is 11.2 Å². The van der Waals surface area contributed by atoms with Crippen LogP contribution < -0.4 is 19.6 Å². The first-order chi connectivity index (χ1) is 44.2. The highest BCUT2D eigenvalue weighted by molar-refractivity contribution is 6.29. The van der Waals surface area contributed by atoms with Crippen LogP contribution in [0, 0.1) is 0 Å². The summed E-state index contributed by atoms with van der Waals surface area (Å²) in [7, 11) is 0. The summed E-state index contributed by atoms with van der Waals surface area (Å²) in [5, 5.41) is 6.01. The molecule has 14 aromatic rings. The van der Waals surface area contributed by atoms with Crippen molar-refractivity contribution in [1.29, 1.82) is 0 Å². The summed E-state index contributed by atoms with van der Waals surface area (Å²) in [6.45, 7) is 27.2. The van der Waals surface area contributed by atoms with E-state index in [0.29, 0.717) is 0 Å². The van der Waals surface area contributed by atoms with Crippen molar-refractivity contribution in [3.63, 3.8) is 0 Å². The van der Waals surface area contributed by atoms with E-state index in [2.05, 4.69) is 370 Å². The Hall–Kier alpha value is -10.3. The maximum atomic E-state index is 7.68. The van der Waals surface area contributed by atoms with Crippen LogP contribution in [0.3, 0.4) is 0 Å². The van der Waals surface area contributed by atoms with Crippen molar-refractivity contribution in [2.45, 2.75) is 105 Å². The Balaban J connectivity index is 1.07. The normalized spacial score (nSPS) is 12.3. The molecule has 0 spiro atoms. The van der Waals surface area contributed by atoms with Gasteiger partial charge in [-0.1, -0.05) is 204 Å². The van der Waals surface area contributed by atoms with E-state index in [1.54, 1.807) is 0 Å². The molecule has 0 aliphatic rings. The number of rotatable bonds is 12. The number of hydrogen-bond donors (Lipinski definition) is 0. The number of benzene rings is 12. The average molecular weight is 1200 g/mol. The fourth-order valence-electron chi connectivity index (χ4n) is 13.1. The third-order valence-electron chi connectivity index (χ3n) is 18.2. The standard InChI is InChI=1S/C86H80N4O2/c1-83(2,3)58-33-41-66(42-34-58)87(67-43-35-59(36-44-67)84(4,5)6)70-49-51-72-74-53-57-54-75-73-52-50-71(88(68-45-37-60(38-46-68)85(7,8)9)69-47-39-61(40-48-69)86(10,11)12)56-77(73)92-82(75)80(90(64-29-21-15-22-30-64)65-31-23-16-24-32-65)78(57)79(81(74)91-76(72)55-70)89(62-25-17-13-18-26-62)63-27-19-14-20-28-63/h13-56H,1-12H3. The SMILES string of the molecule is CC(C)(C)c1ccc(N(c2ccc(C(C)(C)C)cc2)c2ccc3c(c2)oc2c(N(c4ccccc4)c4ccccc4)c4c(N(c5ccccc5)c5ccccc5)c5oc6cc(N(c7ccc(C(C)(C)C)cc7)c7ccc(C(C)(C)C)cc7)ccc6c5cc4cc23)cc1. The monoisotopic (exact) mass is 1200 g/mol. The van der Waals surface area contributed by atoms with E-state index in [9.17, 15) is 0 Å². The molecule has 0 fully saturated rings. The fourth-order valence-corrected chi connectivity index (χ4v) is 13.1. The lowest BCUT2D eigenvalue weighted by atomic mass is 9.86. The Labute approximate surface area is 542 Å². The van der Waals surface area contributed by atoms with Gasteiger partial charge in [0.25, 0.3) is 0 Å². The summed E-state index contributed by atoms with van der Waals surface area (Å²) in [6.07, 6.45) is 0. The molecule has 0 saturated heterocycles. The second kappa shape index (κ2) is 22.9. The lowest BCUT2D eigenvalue weighted by molar-refractivity contribution is 0.590. The van der Waals surface area contributed by atoms with Crippen LogP contribution in [0.5, 0.6) is 0 Å². The molecular formula is C86H80N4O2. The second-order valence-corrected chi connectivity index (χ2v) is 28.7. The number of anilines is 12. The van der Waals surface area contributed by atoms with Gasteiger partial charge in [0.2, 0.25) is 0 Å². The quantitative estimate of drug-likeness (QED) is 0.121. The molecule has 0 atom stereocenters. The van der Waals surface area contributed by atoms with Crippen LogP contribution in [0.1, 0.15) is 105 Å².